The molecule has 0 spiro atoms. The summed E-state index contributed by atoms with van der Waals surface area (Å²) in [6.45, 7) is 0.434. The highest BCUT2D eigenvalue weighted by Crippen LogP contribution is 2.32. The number of carbonyl (C=O) groups excluding carboxylic acids is 1. The van der Waals surface area contributed by atoms with E-state index in [9.17, 15) is 13.2 Å². The Morgan fingerprint density at radius 1 is 1.10 bits per heavy atom. The number of hydrogen-bond donors (Lipinski definition) is 1. The van der Waals surface area contributed by atoms with Crippen molar-refractivity contribution in [2.45, 2.75) is 11.3 Å². The second kappa shape index (κ2) is 8.61. The van der Waals surface area contributed by atoms with Crippen LogP contribution in [0.1, 0.15) is 11.1 Å². The molecular weight excluding hydrogens is 414 g/mol. The number of aromatic nitrogens is 1. The van der Waals surface area contributed by atoms with Gasteiger partial charge in [-0.1, -0.05) is 30.3 Å². The summed E-state index contributed by atoms with van der Waals surface area (Å²) in [5, 5.41) is 2.70. The zero-order chi connectivity index (χ0) is 21.8. The molecule has 0 radical (unpaired) electrons. The van der Waals surface area contributed by atoms with E-state index >= 15 is 0 Å². The molecule has 1 aliphatic heterocycles. The molecule has 7 nitrogen and oxygen atoms in total. The Labute approximate surface area is 181 Å². The van der Waals surface area contributed by atoms with Crippen molar-refractivity contribution >= 4 is 33.4 Å². The van der Waals surface area contributed by atoms with Crippen molar-refractivity contribution in [3.63, 3.8) is 0 Å². The third kappa shape index (κ3) is 4.44. The van der Waals surface area contributed by atoms with Gasteiger partial charge in [-0.15, -0.1) is 0 Å². The van der Waals surface area contributed by atoms with E-state index in [2.05, 4.69) is 10.3 Å². The van der Waals surface area contributed by atoms with Crippen LogP contribution in [-0.4, -0.2) is 33.0 Å². The fourth-order valence-electron chi connectivity index (χ4n) is 3.37. The van der Waals surface area contributed by atoms with E-state index in [1.165, 1.54) is 23.7 Å². The first-order valence-electron chi connectivity index (χ1n) is 9.67. The molecule has 0 saturated heterocycles. The van der Waals surface area contributed by atoms with Gasteiger partial charge in [0.05, 0.1) is 29.6 Å². The first kappa shape index (κ1) is 20.6. The van der Waals surface area contributed by atoms with Gasteiger partial charge in [0, 0.05) is 18.7 Å². The predicted octanol–water partition coefficient (Wildman–Crippen LogP) is 3.49. The van der Waals surface area contributed by atoms with Gasteiger partial charge in [0.2, 0.25) is 11.8 Å². The van der Waals surface area contributed by atoms with Crippen molar-refractivity contribution in [2.75, 3.05) is 23.3 Å². The van der Waals surface area contributed by atoms with Crippen LogP contribution in [0, 0.1) is 0 Å². The largest absolute Gasteiger partial charge is 0.481 e. The van der Waals surface area contributed by atoms with E-state index < -0.39 is 10.0 Å². The Balaban J connectivity index is 1.43. The fourth-order valence-corrected chi connectivity index (χ4v) is 4.87. The number of sulfonamides is 1. The van der Waals surface area contributed by atoms with Crippen LogP contribution in [0.25, 0.3) is 6.08 Å². The summed E-state index contributed by atoms with van der Waals surface area (Å²) >= 11 is 0. The van der Waals surface area contributed by atoms with Crippen LogP contribution in [0.5, 0.6) is 5.88 Å². The number of para-hydroxylation sites is 1. The van der Waals surface area contributed by atoms with Crippen molar-refractivity contribution in [3.8, 4) is 5.88 Å². The lowest BCUT2D eigenvalue weighted by Gasteiger charge is -2.19. The number of nitrogens with one attached hydrogen (secondary N) is 1. The first-order valence-corrected chi connectivity index (χ1v) is 11.1. The summed E-state index contributed by atoms with van der Waals surface area (Å²) in [6, 6.07) is 17.3. The average Bonchev–Trinajstić information content (AvgIpc) is 3.24. The van der Waals surface area contributed by atoms with Gasteiger partial charge in [0.15, 0.2) is 0 Å². The highest BCUT2D eigenvalue weighted by atomic mass is 32.2. The molecule has 1 amide bonds. The highest BCUT2D eigenvalue weighted by Gasteiger charge is 2.30. The van der Waals surface area contributed by atoms with Crippen LogP contribution in [0.15, 0.2) is 77.8 Å². The van der Waals surface area contributed by atoms with Crippen LogP contribution in [0.3, 0.4) is 0 Å². The Hall–Kier alpha value is -3.65. The number of methoxy groups -OCH3 is 1. The molecule has 2 heterocycles. The molecule has 3 aromatic rings. The van der Waals surface area contributed by atoms with Crippen LogP contribution in [-0.2, 0) is 21.2 Å². The summed E-state index contributed by atoms with van der Waals surface area (Å²) in [6.07, 6.45) is 5.20. The van der Waals surface area contributed by atoms with Crippen LogP contribution < -0.4 is 14.4 Å². The number of hydrogen-bond acceptors (Lipinski definition) is 5. The van der Waals surface area contributed by atoms with Crippen molar-refractivity contribution in [1.29, 1.82) is 0 Å². The van der Waals surface area contributed by atoms with E-state index in [1.807, 2.05) is 24.3 Å². The van der Waals surface area contributed by atoms with Crippen molar-refractivity contribution in [3.05, 3.63) is 84.1 Å². The Bertz CT molecular complexity index is 1220. The molecule has 8 heteroatoms. The number of nitrogens with zero attached hydrogens (tertiary/aromatic N) is 2. The minimum absolute atomic E-state index is 0.218. The van der Waals surface area contributed by atoms with Crippen molar-refractivity contribution in [2.24, 2.45) is 0 Å². The van der Waals surface area contributed by atoms with Crippen molar-refractivity contribution in [1.82, 2.24) is 4.98 Å². The monoisotopic (exact) mass is 435 g/mol. The maximum absolute atomic E-state index is 13.1. The van der Waals surface area contributed by atoms with Crippen LogP contribution >= 0.6 is 0 Å². The van der Waals surface area contributed by atoms with Crippen LogP contribution in [0.4, 0.5) is 11.4 Å². The standard InChI is InChI=1S/C23H21N3O4S/c1-30-23-13-9-19(16-24-23)25-22(27)12-8-17-6-10-20(11-7-17)31(28,29)26-15-14-18-4-2-3-5-21(18)26/h2-13,16H,14-15H2,1H3,(H,25,27). The van der Waals surface area contributed by atoms with Gasteiger partial charge in [0.25, 0.3) is 10.0 Å². The summed E-state index contributed by atoms with van der Waals surface area (Å²) in [7, 11) is -2.12. The van der Waals surface area contributed by atoms with Gasteiger partial charge < -0.3 is 10.1 Å². The van der Waals surface area contributed by atoms with E-state index in [0.29, 0.717) is 30.1 Å². The molecule has 0 bridgehead atoms. The third-order valence-corrected chi connectivity index (χ3v) is 6.78. The van der Waals surface area contributed by atoms with Crippen molar-refractivity contribution < 1.29 is 17.9 Å². The Kier molecular flexibility index (Phi) is 5.73. The van der Waals surface area contributed by atoms with Crippen LogP contribution in [0.2, 0.25) is 0 Å². The van der Waals surface area contributed by atoms with Gasteiger partial charge in [-0.05, 0) is 47.9 Å². The number of ether oxygens (including phenoxy) is 1. The first-order chi connectivity index (χ1) is 15.0. The molecule has 0 atom stereocenters. The summed E-state index contributed by atoms with van der Waals surface area (Å²) in [5.74, 6) is 0.137. The SMILES string of the molecule is COc1ccc(NC(=O)C=Cc2ccc(S(=O)(=O)N3CCc4ccccc43)cc2)cn1. The second-order valence-corrected chi connectivity index (χ2v) is 8.80. The normalized spacial score (nSPS) is 13.3. The average molecular weight is 436 g/mol. The van der Waals surface area contributed by atoms with Gasteiger partial charge in [-0.25, -0.2) is 13.4 Å². The number of benzene rings is 2. The molecule has 4 rings (SSSR count). The molecule has 1 aromatic heterocycles. The zero-order valence-electron chi connectivity index (χ0n) is 16.9. The lowest BCUT2D eigenvalue weighted by atomic mass is 10.2. The number of amides is 1. The number of rotatable bonds is 6. The molecule has 31 heavy (non-hydrogen) atoms. The molecule has 0 saturated carbocycles. The third-order valence-electron chi connectivity index (χ3n) is 4.95. The van der Waals surface area contributed by atoms with E-state index in [1.54, 1.807) is 42.5 Å². The lowest BCUT2D eigenvalue weighted by molar-refractivity contribution is -0.111. The topological polar surface area (TPSA) is 88.6 Å². The summed E-state index contributed by atoms with van der Waals surface area (Å²) < 4.78 is 32.5. The minimum atomic E-state index is -3.63. The number of fused-ring (bicyclic) bond motifs is 1. The fraction of sp³-hybridized carbons (Fsp3) is 0.130. The molecule has 2 aromatic carbocycles. The van der Waals surface area contributed by atoms with E-state index in [0.717, 1.165) is 11.3 Å². The molecule has 0 unspecified atom stereocenters. The Morgan fingerprint density at radius 3 is 2.58 bits per heavy atom. The molecule has 0 aliphatic carbocycles. The predicted molar refractivity (Wildman–Crippen MR) is 120 cm³/mol. The molecule has 158 valence electrons. The quantitative estimate of drug-likeness (QED) is 0.599. The maximum Gasteiger partial charge on any atom is 0.264 e. The zero-order valence-corrected chi connectivity index (χ0v) is 17.7. The van der Waals surface area contributed by atoms with Gasteiger partial charge in [-0.2, -0.15) is 0 Å². The molecule has 0 fully saturated rings. The van der Waals surface area contributed by atoms with Gasteiger partial charge in [0.1, 0.15) is 0 Å². The lowest BCUT2D eigenvalue weighted by Crippen LogP contribution is -2.29. The van der Waals surface area contributed by atoms with E-state index in [-0.39, 0.29) is 10.8 Å². The summed E-state index contributed by atoms with van der Waals surface area (Å²) in [4.78, 5) is 16.3. The van der Waals surface area contributed by atoms with Gasteiger partial charge >= 0.3 is 0 Å². The molecule has 1 N–H and O–H groups in total. The Morgan fingerprint density at radius 2 is 1.87 bits per heavy atom. The molecule has 1 aliphatic rings. The smallest absolute Gasteiger partial charge is 0.264 e. The summed E-state index contributed by atoms with van der Waals surface area (Å²) in [5.41, 5.74) is 3.02. The highest BCUT2D eigenvalue weighted by molar-refractivity contribution is 7.92. The molecular formula is C23H21N3O4S. The number of carbonyl (C=O) groups is 1. The number of pyridine rings is 1. The minimum Gasteiger partial charge on any atom is -0.481 e. The van der Waals surface area contributed by atoms with E-state index in [4.69, 9.17) is 4.74 Å². The number of anilines is 2. The maximum atomic E-state index is 13.1. The van der Waals surface area contributed by atoms with Gasteiger partial charge in [-0.3, -0.25) is 9.10 Å². The second-order valence-electron chi connectivity index (χ2n) is 6.94.